The maximum Gasteiger partial charge on any atom is 0.243 e. The van der Waals surface area contributed by atoms with Gasteiger partial charge in [0.2, 0.25) is 10.0 Å². The smallest absolute Gasteiger partial charge is 0.243 e. The molecule has 0 aliphatic carbocycles. The van der Waals surface area contributed by atoms with Gasteiger partial charge in [-0.15, -0.1) is 0 Å². The lowest BCUT2D eigenvalue weighted by molar-refractivity contribution is 0.148. The summed E-state index contributed by atoms with van der Waals surface area (Å²) in [5.74, 6) is 0.454. The van der Waals surface area contributed by atoms with Crippen molar-refractivity contribution < 1.29 is 16.8 Å². The van der Waals surface area contributed by atoms with E-state index in [-0.39, 0.29) is 17.5 Å². The molecule has 8 heteroatoms. The maximum absolute atomic E-state index is 12.8. The van der Waals surface area contributed by atoms with Crippen molar-refractivity contribution in [1.82, 2.24) is 9.21 Å². The second-order valence-corrected chi connectivity index (χ2v) is 10.9. The van der Waals surface area contributed by atoms with Crippen molar-refractivity contribution in [2.45, 2.75) is 31.2 Å². The van der Waals surface area contributed by atoms with Crippen LogP contribution >= 0.6 is 0 Å². The van der Waals surface area contributed by atoms with E-state index in [0.717, 1.165) is 11.1 Å². The van der Waals surface area contributed by atoms with Crippen LogP contribution in [-0.4, -0.2) is 69.8 Å². The summed E-state index contributed by atoms with van der Waals surface area (Å²) < 4.78 is 50.3. The van der Waals surface area contributed by atoms with Crippen LogP contribution in [0.3, 0.4) is 0 Å². The molecule has 0 saturated carbocycles. The van der Waals surface area contributed by atoms with Crippen LogP contribution in [0.25, 0.3) is 0 Å². The van der Waals surface area contributed by atoms with Crippen molar-refractivity contribution in [3.63, 3.8) is 0 Å². The standard InChI is InChI=1S/C16H24N2O4S2/c1-13-3-4-16(11-14(13)2)24(21,22)18-8-6-17(7-9-18)15-5-10-23(19,20)12-15/h3-4,11,15H,5-10,12H2,1-2H3/t15-/m0/s1. The first-order valence-electron chi connectivity index (χ1n) is 8.21. The molecule has 2 fully saturated rings. The van der Waals surface area contributed by atoms with Crippen LogP contribution in [0.4, 0.5) is 0 Å². The Morgan fingerprint density at radius 1 is 1.04 bits per heavy atom. The lowest BCUT2D eigenvalue weighted by Crippen LogP contribution is -2.52. The van der Waals surface area contributed by atoms with Gasteiger partial charge < -0.3 is 0 Å². The third-order valence-electron chi connectivity index (χ3n) is 5.11. The summed E-state index contributed by atoms with van der Waals surface area (Å²) in [5, 5.41) is 0. The summed E-state index contributed by atoms with van der Waals surface area (Å²) >= 11 is 0. The molecule has 3 rings (SSSR count). The fourth-order valence-corrected chi connectivity index (χ4v) is 6.67. The van der Waals surface area contributed by atoms with E-state index in [1.807, 2.05) is 19.9 Å². The third-order valence-corrected chi connectivity index (χ3v) is 8.76. The number of sulfonamides is 1. The van der Waals surface area contributed by atoms with Gasteiger partial charge in [0, 0.05) is 32.2 Å². The van der Waals surface area contributed by atoms with Crippen LogP contribution in [0.15, 0.2) is 23.1 Å². The van der Waals surface area contributed by atoms with E-state index in [0.29, 0.717) is 37.5 Å². The van der Waals surface area contributed by atoms with Crippen molar-refractivity contribution in [2.75, 3.05) is 37.7 Å². The van der Waals surface area contributed by atoms with Gasteiger partial charge in [0.05, 0.1) is 16.4 Å². The first kappa shape index (κ1) is 17.8. The van der Waals surface area contributed by atoms with E-state index in [9.17, 15) is 16.8 Å². The molecule has 2 heterocycles. The zero-order valence-corrected chi connectivity index (χ0v) is 15.7. The zero-order chi connectivity index (χ0) is 17.5. The van der Waals surface area contributed by atoms with Gasteiger partial charge in [0.1, 0.15) is 0 Å². The summed E-state index contributed by atoms with van der Waals surface area (Å²) in [6.45, 7) is 5.86. The quantitative estimate of drug-likeness (QED) is 0.784. The van der Waals surface area contributed by atoms with E-state index < -0.39 is 19.9 Å². The minimum absolute atomic E-state index is 0.0430. The molecule has 2 aliphatic heterocycles. The highest BCUT2D eigenvalue weighted by molar-refractivity contribution is 7.91. The lowest BCUT2D eigenvalue weighted by atomic mass is 10.1. The summed E-state index contributed by atoms with van der Waals surface area (Å²) in [4.78, 5) is 2.46. The first-order chi connectivity index (χ1) is 11.2. The van der Waals surface area contributed by atoms with Crippen molar-refractivity contribution in [2.24, 2.45) is 0 Å². The molecule has 1 aromatic rings. The van der Waals surface area contributed by atoms with Gasteiger partial charge in [0.15, 0.2) is 9.84 Å². The molecule has 0 bridgehead atoms. The molecular formula is C16H24N2O4S2. The molecule has 134 valence electrons. The molecule has 0 spiro atoms. The number of hydrogen-bond acceptors (Lipinski definition) is 5. The highest BCUT2D eigenvalue weighted by atomic mass is 32.2. The molecule has 0 unspecified atom stereocenters. The Morgan fingerprint density at radius 3 is 2.25 bits per heavy atom. The van der Waals surface area contributed by atoms with Gasteiger partial charge in [-0.1, -0.05) is 6.07 Å². The molecule has 0 aromatic heterocycles. The Labute approximate surface area is 144 Å². The molecule has 0 N–H and O–H groups in total. The monoisotopic (exact) mass is 372 g/mol. The largest absolute Gasteiger partial charge is 0.297 e. The van der Waals surface area contributed by atoms with Gasteiger partial charge in [-0.25, -0.2) is 16.8 Å². The second-order valence-electron chi connectivity index (χ2n) is 6.74. The van der Waals surface area contributed by atoms with Crippen LogP contribution in [0, 0.1) is 13.8 Å². The molecule has 6 nitrogen and oxygen atoms in total. The summed E-state index contributed by atoms with van der Waals surface area (Å²) in [5.41, 5.74) is 2.03. The lowest BCUT2D eigenvalue weighted by Gasteiger charge is -2.37. The molecule has 24 heavy (non-hydrogen) atoms. The summed E-state index contributed by atoms with van der Waals surface area (Å²) in [7, 11) is -6.39. The van der Waals surface area contributed by atoms with E-state index in [2.05, 4.69) is 4.90 Å². The molecule has 2 aliphatic rings. The third kappa shape index (κ3) is 3.51. The number of nitrogens with zero attached hydrogens (tertiary/aromatic N) is 2. The van der Waals surface area contributed by atoms with Gasteiger partial charge in [0.25, 0.3) is 0 Å². The van der Waals surface area contributed by atoms with Crippen LogP contribution in [0.5, 0.6) is 0 Å². The molecule has 1 aromatic carbocycles. The minimum Gasteiger partial charge on any atom is -0.297 e. The van der Waals surface area contributed by atoms with Crippen molar-refractivity contribution in [1.29, 1.82) is 0 Å². The van der Waals surface area contributed by atoms with Crippen LogP contribution in [-0.2, 0) is 19.9 Å². The average molecular weight is 373 g/mol. The molecule has 0 radical (unpaired) electrons. The number of piperazine rings is 1. The Hall–Kier alpha value is -0.960. The Bertz CT molecular complexity index is 826. The summed E-state index contributed by atoms with van der Waals surface area (Å²) in [6.07, 6.45) is 0.659. The fraction of sp³-hybridized carbons (Fsp3) is 0.625. The SMILES string of the molecule is Cc1ccc(S(=O)(=O)N2CCN([C@H]3CCS(=O)(=O)C3)CC2)cc1C. The Kier molecular flexibility index (Phi) is 4.76. The number of sulfone groups is 1. The van der Waals surface area contributed by atoms with Gasteiger partial charge in [-0.05, 0) is 43.5 Å². The van der Waals surface area contributed by atoms with Gasteiger partial charge in [-0.3, -0.25) is 4.90 Å². The van der Waals surface area contributed by atoms with E-state index in [1.165, 1.54) is 4.31 Å². The Balaban J connectivity index is 1.68. The summed E-state index contributed by atoms with van der Waals surface area (Å²) in [6, 6.07) is 5.26. The molecule has 1 atom stereocenters. The van der Waals surface area contributed by atoms with Crippen LogP contribution in [0.2, 0.25) is 0 Å². The number of rotatable bonds is 3. The predicted octanol–water partition coefficient (Wildman–Crippen LogP) is 0.797. The van der Waals surface area contributed by atoms with Gasteiger partial charge >= 0.3 is 0 Å². The van der Waals surface area contributed by atoms with Crippen LogP contribution < -0.4 is 0 Å². The van der Waals surface area contributed by atoms with Crippen molar-refractivity contribution >= 4 is 19.9 Å². The first-order valence-corrected chi connectivity index (χ1v) is 11.5. The zero-order valence-electron chi connectivity index (χ0n) is 14.1. The molecular weight excluding hydrogens is 348 g/mol. The van der Waals surface area contributed by atoms with Gasteiger partial charge in [-0.2, -0.15) is 4.31 Å². The predicted molar refractivity (Wildman–Crippen MR) is 93.3 cm³/mol. The normalized spacial score (nSPS) is 25.8. The highest BCUT2D eigenvalue weighted by Gasteiger charge is 2.36. The van der Waals surface area contributed by atoms with Crippen molar-refractivity contribution in [3.05, 3.63) is 29.3 Å². The minimum atomic E-state index is -3.48. The average Bonchev–Trinajstić information content (AvgIpc) is 2.90. The van der Waals surface area contributed by atoms with Crippen molar-refractivity contribution in [3.8, 4) is 0 Å². The van der Waals surface area contributed by atoms with Crippen LogP contribution in [0.1, 0.15) is 17.5 Å². The maximum atomic E-state index is 12.8. The fourth-order valence-electron chi connectivity index (χ4n) is 3.40. The number of hydrogen-bond donors (Lipinski definition) is 0. The topological polar surface area (TPSA) is 74.8 Å². The molecule has 2 saturated heterocycles. The highest BCUT2D eigenvalue weighted by Crippen LogP contribution is 2.23. The van der Waals surface area contributed by atoms with E-state index in [1.54, 1.807) is 12.1 Å². The second kappa shape index (κ2) is 6.40. The van der Waals surface area contributed by atoms with E-state index in [4.69, 9.17) is 0 Å². The van der Waals surface area contributed by atoms with E-state index >= 15 is 0 Å². The Morgan fingerprint density at radius 2 is 1.71 bits per heavy atom. The molecule has 0 amide bonds. The number of benzene rings is 1. The number of aryl methyl sites for hydroxylation is 2.